The number of rotatable bonds is 3. The van der Waals surface area contributed by atoms with Crippen LogP contribution in [0.15, 0.2) is 18.3 Å². The van der Waals surface area contributed by atoms with Crippen molar-refractivity contribution >= 4 is 17.2 Å². The number of hydrogen-bond donors (Lipinski definition) is 2. The van der Waals surface area contributed by atoms with Crippen molar-refractivity contribution in [1.82, 2.24) is 14.8 Å². The third-order valence-electron chi connectivity index (χ3n) is 2.54. The van der Waals surface area contributed by atoms with Gasteiger partial charge in [0.1, 0.15) is 11.9 Å². The molecule has 92 valence electrons. The number of nitrogens with one attached hydrogen (secondary N) is 1. The van der Waals surface area contributed by atoms with Gasteiger partial charge in [0.25, 0.3) is 0 Å². The van der Waals surface area contributed by atoms with Crippen LogP contribution in [0.3, 0.4) is 0 Å². The quantitative estimate of drug-likeness (QED) is 0.852. The molecule has 18 heavy (non-hydrogen) atoms. The lowest BCUT2D eigenvalue weighted by atomic mass is 10.3. The van der Waals surface area contributed by atoms with Crippen LogP contribution in [0.5, 0.6) is 0 Å². The Hall–Kier alpha value is -2.55. The molecule has 0 aliphatic rings. The lowest BCUT2D eigenvalue weighted by Gasteiger charge is -2.05. The van der Waals surface area contributed by atoms with E-state index in [1.54, 1.807) is 16.8 Å². The minimum Gasteiger partial charge on any atom is -0.396 e. The van der Waals surface area contributed by atoms with Crippen molar-refractivity contribution in [2.24, 2.45) is 7.05 Å². The number of nitrogen functional groups attached to an aromatic ring is 1. The molecule has 0 saturated carbocycles. The third kappa shape index (κ3) is 2.25. The molecule has 2 aromatic heterocycles. The fourth-order valence-electron chi connectivity index (χ4n) is 1.67. The van der Waals surface area contributed by atoms with Crippen molar-refractivity contribution in [2.75, 3.05) is 11.1 Å². The summed E-state index contributed by atoms with van der Waals surface area (Å²) in [5.41, 5.74) is 8.07. The highest BCUT2D eigenvalue weighted by Gasteiger charge is 2.08. The Labute approximate surface area is 105 Å². The van der Waals surface area contributed by atoms with Crippen LogP contribution in [0, 0.1) is 11.3 Å². The molecule has 6 nitrogen and oxygen atoms in total. The predicted octanol–water partition coefficient (Wildman–Crippen LogP) is 1.57. The molecule has 0 saturated heterocycles. The average Bonchev–Trinajstić information content (AvgIpc) is 2.72. The molecular weight excluding hydrogens is 228 g/mol. The second-order valence-corrected chi connectivity index (χ2v) is 3.89. The maximum atomic E-state index is 8.88. The van der Waals surface area contributed by atoms with Gasteiger partial charge in [-0.15, -0.1) is 0 Å². The molecule has 2 rings (SSSR count). The molecule has 0 amide bonds. The van der Waals surface area contributed by atoms with E-state index in [0.29, 0.717) is 11.5 Å². The summed E-state index contributed by atoms with van der Waals surface area (Å²) in [5.74, 6) is 0.587. The lowest BCUT2D eigenvalue weighted by Crippen LogP contribution is -1.99. The predicted molar refractivity (Wildman–Crippen MR) is 69.2 cm³/mol. The molecule has 0 radical (unpaired) electrons. The van der Waals surface area contributed by atoms with Gasteiger partial charge in [-0.05, 0) is 18.6 Å². The van der Waals surface area contributed by atoms with Gasteiger partial charge in [0.2, 0.25) is 0 Å². The van der Waals surface area contributed by atoms with E-state index in [4.69, 9.17) is 11.0 Å². The molecule has 2 heterocycles. The first-order valence-corrected chi connectivity index (χ1v) is 5.60. The van der Waals surface area contributed by atoms with Crippen molar-refractivity contribution in [3.63, 3.8) is 0 Å². The molecule has 0 aliphatic carbocycles. The van der Waals surface area contributed by atoms with E-state index in [0.717, 1.165) is 17.8 Å². The average molecular weight is 242 g/mol. The van der Waals surface area contributed by atoms with Gasteiger partial charge in [0.15, 0.2) is 5.69 Å². The monoisotopic (exact) mass is 242 g/mol. The number of nitrogens with two attached hydrogens (primary N) is 1. The minimum absolute atomic E-state index is 0.224. The van der Waals surface area contributed by atoms with Crippen LogP contribution >= 0.6 is 0 Å². The Kier molecular flexibility index (Phi) is 3.15. The molecule has 3 N–H and O–H groups in total. The summed E-state index contributed by atoms with van der Waals surface area (Å²) >= 11 is 0. The van der Waals surface area contributed by atoms with Crippen LogP contribution < -0.4 is 11.1 Å². The van der Waals surface area contributed by atoms with Crippen LogP contribution in [-0.2, 0) is 13.5 Å². The number of nitriles is 1. The van der Waals surface area contributed by atoms with Crippen LogP contribution in [0.25, 0.3) is 0 Å². The Morgan fingerprint density at radius 3 is 2.94 bits per heavy atom. The second-order valence-electron chi connectivity index (χ2n) is 3.89. The van der Waals surface area contributed by atoms with Gasteiger partial charge in [-0.2, -0.15) is 10.4 Å². The summed E-state index contributed by atoms with van der Waals surface area (Å²) in [4.78, 5) is 4.14. The summed E-state index contributed by atoms with van der Waals surface area (Å²) in [5, 5.41) is 16.3. The normalized spacial score (nSPS) is 10.1. The van der Waals surface area contributed by atoms with Crippen molar-refractivity contribution in [1.29, 1.82) is 5.26 Å². The molecule has 0 aliphatic heterocycles. The van der Waals surface area contributed by atoms with Crippen LogP contribution in [0.1, 0.15) is 18.3 Å². The molecular formula is C12H14N6. The molecule has 0 atom stereocenters. The molecule has 6 heteroatoms. The van der Waals surface area contributed by atoms with Gasteiger partial charge >= 0.3 is 0 Å². The number of hydrogen-bond acceptors (Lipinski definition) is 5. The Morgan fingerprint density at radius 2 is 2.28 bits per heavy atom. The highest BCUT2D eigenvalue weighted by molar-refractivity contribution is 5.62. The van der Waals surface area contributed by atoms with E-state index >= 15 is 0 Å². The topological polar surface area (TPSA) is 92.5 Å². The number of aromatic nitrogens is 3. The zero-order valence-corrected chi connectivity index (χ0v) is 10.3. The summed E-state index contributed by atoms with van der Waals surface area (Å²) in [6.45, 7) is 2.03. The van der Waals surface area contributed by atoms with Crippen molar-refractivity contribution < 1.29 is 0 Å². The first-order valence-electron chi connectivity index (χ1n) is 5.60. The third-order valence-corrected chi connectivity index (χ3v) is 2.54. The molecule has 0 unspecified atom stereocenters. The number of anilines is 3. The summed E-state index contributed by atoms with van der Waals surface area (Å²) in [6.07, 6.45) is 2.70. The van der Waals surface area contributed by atoms with E-state index < -0.39 is 0 Å². The van der Waals surface area contributed by atoms with E-state index in [1.165, 1.54) is 0 Å². The van der Waals surface area contributed by atoms with E-state index in [1.807, 2.05) is 26.2 Å². The highest BCUT2D eigenvalue weighted by Crippen LogP contribution is 2.20. The van der Waals surface area contributed by atoms with E-state index in [9.17, 15) is 0 Å². The standard InChI is InChI=1S/C12H14N6/c1-3-9-11(7-18(2)17-9)16-12-5-4-8(14)10(6-13)15-12/h4-5,7H,3,14H2,1-2H3,(H,15,16). The van der Waals surface area contributed by atoms with E-state index in [-0.39, 0.29) is 5.69 Å². The van der Waals surface area contributed by atoms with Gasteiger partial charge in [0, 0.05) is 13.2 Å². The van der Waals surface area contributed by atoms with Crippen molar-refractivity contribution in [3.05, 3.63) is 29.7 Å². The van der Waals surface area contributed by atoms with Crippen LogP contribution in [-0.4, -0.2) is 14.8 Å². The Balaban J connectivity index is 2.31. The Morgan fingerprint density at radius 1 is 1.50 bits per heavy atom. The van der Waals surface area contributed by atoms with Crippen LogP contribution in [0.4, 0.5) is 17.2 Å². The summed E-state index contributed by atoms with van der Waals surface area (Å²) < 4.78 is 1.74. The first kappa shape index (κ1) is 11.9. The smallest absolute Gasteiger partial charge is 0.165 e. The lowest BCUT2D eigenvalue weighted by molar-refractivity contribution is 0.746. The van der Waals surface area contributed by atoms with Gasteiger partial charge in [-0.3, -0.25) is 4.68 Å². The zero-order valence-electron chi connectivity index (χ0n) is 10.3. The van der Waals surface area contributed by atoms with Gasteiger partial charge in [-0.1, -0.05) is 6.92 Å². The maximum Gasteiger partial charge on any atom is 0.165 e. The van der Waals surface area contributed by atoms with Crippen molar-refractivity contribution in [3.8, 4) is 6.07 Å². The maximum absolute atomic E-state index is 8.88. The first-order chi connectivity index (χ1) is 8.63. The van der Waals surface area contributed by atoms with Gasteiger partial charge in [-0.25, -0.2) is 4.98 Å². The highest BCUT2D eigenvalue weighted by atomic mass is 15.3. The molecule has 0 spiro atoms. The van der Waals surface area contributed by atoms with E-state index in [2.05, 4.69) is 15.4 Å². The fourth-order valence-corrected chi connectivity index (χ4v) is 1.67. The van der Waals surface area contributed by atoms with Crippen LogP contribution in [0.2, 0.25) is 0 Å². The molecule has 0 aromatic carbocycles. The number of nitrogens with zero attached hydrogens (tertiary/aromatic N) is 4. The van der Waals surface area contributed by atoms with Crippen molar-refractivity contribution in [2.45, 2.75) is 13.3 Å². The minimum atomic E-state index is 0.224. The van der Waals surface area contributed by atoms with Gasteiger partial charge in [0.05, 0.1) is 17.1 Å². The Bertz CT molecular complexity index is 608. The largest absolute Gasteiger partial charge is 0.396 e. The SMILES string of the molecule is CCc1nn(C)cc1Nc1ccc(N)c(C#N)n1. The van der Waals surface area contributed by atoms with Gasteiger partial charge < -0.3 is 11.1 Å². The zero-order chi connectivity index (χ0) is 13.1. The summed E-state index contributed by atoms with van der Waals surface area (Å²) in [7, 11) is 1.86. The molecule has 2 aromatic rings. The molecule has 0 fully saturated rings. The second kappa shape index (κ2) is 4.75. The number of aryl methyl sites for hydroxylation is 2. The molecule has 0 bridgehead atoms. The summed E-state index contributed by atoms with van der Waals surface area (Å²) in [6, 6.07) is 5.36. The number of pyridine rings is 1. The fraction of sp³-hybridized carbons (Fsp3) is 0.250.